The van der Waals surface area contributed by atoms with Gasteiger partial charge in [0, 0.05) is 14.1 Å². The van der Waals surface area contributed by atoms with E-state index < -0.39 is 0 Å². The van der Waals surface area contributed by atoms with Gasteiger partial charge in [0.05, 0.1) is 12.4 Å². The summed E-state index contributed by atoms with van der Waals surface area (Å²) < 4.78 is 0. The molecule has 0 amide bonds. The summed E-state index contributed by atoms with van der Waals surface area (Å²) in [5.74, 6) is 0.669. The monoisotopic (exact) mass is 352 g/mol. The SMILES string of the molecule is C[C@@H](N=CN(C)C)C1CCCC1P(c1ccccc1)c1ccccc1. The van der Waals surface area contributed by atoms with Gasteiger partial charge in [0.1, 0.15) is 0 Å². The quantitative estimate of drug-likeness (QED) is 0.431. The van der Waals surface area contributed by atoms with Crippen LogP contribution in [0.5, 0.6) is 0 Å². The van der Waals surface area contributed by atoms with E-state index in [1.54, 1.807) is 0 Å². The van der Waals surface area contributed by atoms with Crippen LogP contribution >= 0.6 is 7.92 Å². The van der Waals surface area contributed by atoms with Crippen molar-refractivity contribution >= 4 is 24.9 Å². The minimum Gasteiger partial charge on any atom is -0.369 e. The fourth-order valence-electron chi connectivity index (χ4n) is 3.91. The van der Waals surface area contributed by atoms with E-state index in [9.17, 15) is 0 Å². The van der Waals surface area contributed by atoms with Crippen molar-refractivity contribution in [3.63, 3.8) is 0 Å². The fourth-order valence-corrected chi connectivity index (χ4v) is 7.18. The highest BCUT2D eigenvalue weighted by Crippen LogP contribution is 2.51. The molecule has 132 valence electrons. The van der Waals surface area contributed by atoms with Crippen molar-refractivity contribution in [3.05, 3.63) is 60.7 Å². The number of hydrogen-bond donors (Lipinski definition) is 0. The van der Waals surface area contributed by atoms with Crippen LogP contribution < -0.4 is 10.6 Å². The number of benzene rings is 2. The van der Waals surface area contributed by atoms with E-state index in [0.29, 0.717) is 17.6 Å². The minimum atomic E-state index is -0.337. The van der Waals surface area contributed by atoms with E-state index in [1.165, 1.54) is 29.9 Å². The molecule has 0 aromatic heterocycles. The molecule has 0 aliphatic heterocycles. The van der Waals surface area contributed by atoms with Crippen molar-refractivity contribution in [3.8, 4) is 0 Å². The lowest BCUT2D eigenvalue weighted by atomic mass is 10.00. The van der Waals surface area contributed by atoms with Crippen molar-refractivity contribution in [2.45, 2.75) is 37.9 Å². The molecule has 1 fully saturated rings. The summed E-state index contributed by atoms with van der Waals surface area (Å²) in [4.78, 5) is 6.88. The molecule has 1 aliphatic carbocycles. The van der Waals surface area contributed by atoms with Crippen LogP contribution in [0.2, 0.25) is 0 Å². The fraction of sp³-hybridized carbons (Fsp3) is 0.409. The van der Waals surface area contributed by atoms with Crippen molar-refractivity contribution in [2.75, 3.05) is 14.1 Å². The normalized spacial score (nSPS) is 21.8. The smallest absolute Gasteiger partial charge is 0.0848 e. The molecule has 3 atom stereocenters. The maximum atomic E-state index is 4.84. The molecule has 0 radical (unpaired) electrons. The summed E-state index contributed by atoms with van der Waals surface area (Å²) in [5.41, 5.74) is 0.717. The highest BCUT2D eigenvalue weighted by molar-refractivity contribution is 7.73. The van der Waals surface area contributed by atoms with Gasteiger partial charge in [-0.3, -0.25) is 4.99 Å². The van der Waals surface area contributed by atoms with E-state index in [0.717, 1.165) is 0 Å². The maximum absolute atomic E-state index is 4.84. The molecule has 0 spiro atoms. The Hall–Kier alpha value is -1.66. The van der Waals surface area contributed by atoms with Crippen molar-refractivity contribution in [1.82, 2.24) is 4.90 Å². The molecule has 0 N–H and O–H groups in total. The Morgan fingerprint density at radius 2 is 1.52 bits per heavy atom. The molecule has 0 heterocycles. The summed E-state index contributed by atoms with van der Waals surface area (Å²) >= 11 is 0. The zero-order chi connectivity index (χ0) is 17.6. The molecule has 3 heteroatoms. The van der Waals surface area contributed by atoms with Gasteiger partial charge in [0.25, 0.3) is 0 Å². The molecule has 3 rings (SSSR count). The van der Waals surface area contributed by atoms with Crippen molar-refractivity contribution < 1.29 is 0 Å². The van der Waals surface area contributed by atoms with Gasteiger partial charge in [-0.25, -0.2) is 0 Å². The van der Waals surface area contributed by atoms with E-state index >= 15 is 0 Å². The van der Waals surface area contributed by atoms with E-state index in [4.69, 9.17) is 4.99 Å². The molecule has 1 aliphatic rings. The van der Waals surface area contributed by atoms with Gasteiger partial charge in [0.2, 0.25) is 0 Å². The van der Waals surface area contributed by atoms with Gasteiger partial charge in [-0.15, -0.1) is 0 Å². The summed E-state index contributed by atoms with van der Waals surface area (Å²) in [6, 6.07) is 22.7. The number of hydrogen-bond acceptors (Lipinski definition) is 1. The second-order valence-electron chi connectivity index (χ2n) is 7.17. The Labute approximate surface area is 153 Å². The highest BCUT2D eigenvalue weighted by atomic mass is 31.1. The first kappa shape index (κ1) is 18.1. The van der Waals surface area contributed by atoms with Crippen LogP contribution in [0.3, 0.4) is 0 Å². The van der Waals surface area contributed by atoms with E-state index in [-0.39, 0.29) is 7.92 Å². The molecule has 1 saturated carbocycles. The zero-order valence-electron chi connectivity index (χ0n) is 15.5. The number of nitrogens with zero attached hydrogens (tertiary/aromatic N) is 2. The van der Waals surface area contributed by atoms with Crippen molar-refractivity contribution in [2.24, 2.45) is 10.9 Å². The third kappa shape index (κ3) is 4.50. The highest BCUT2D eigenvalue weighted by Gasteiger charge is 2.37. The average Bonchev–Trinajstić information content (AvgIpc) is 3.11. The predicted molar refractivity (Wildman–Crippen MR) is 112 cm³/mol. The van der Waals surface area contributed by atoms with Crippen LogP contribution in [0.25, 0.3) is 0 Å². The minimum absolute atomic E-state index is 0.337. The van der Waals surface area contributed by atoms with Crippen LogP contribution in [0, 0.1) is 5.92 Å². The lowest BCUT2D eigenvalue weighted by molar-refractivity contribution is 0.462. The Morgan fingerprint density at radius 1 is 0.960 bits per heavy atom. The average molecular weight is 352 g/mol. The lowest BCUT2D eigenvalue weighted by Crippen LogP contribution is -2.30. The maximum Gasteiger partial charge on any atom is 0.0848 e. The second kappa shape index (κ2) is 8.63. The topological polar surface area (TPSA) is 15.6 Å². The predicted octanol–water partition coefficient (Wildman–Crippen LogP) is 4.27. The largest absolute Gasteiger partial charge is 0.369 e. The molecule has 0 saturated heterocycles. The molecule has 2 aromatic carbocycles. The molecular weight excluding hydrogens is 323 g/mol. The summed E-state index contributed by atoms with van der Waals surface area (Å²) in [7, 11) is 3.75. The van der Waals surface area contributed by atoms with Gasteiger partial charge in [-0.05, 0) is 49.9 Å². The first-order valence-electron chi connectivity index (χ1n) is 9.26. The summed E-state index contributed by atoms with van der Waals surface area (Å²) in [6.45, 7) is 2.30. The molecule has 0 bridgehead atoms. The Bertz CT molecular complexity index is 629. The van der Waals surface area contributed by atoms with E-state index in [2.05, 4.69) is 67.6 Å². The third-order valence-electron chi connectivity index (χ3n) is 5.08. The number of aliphatic imine (C=N–C) groups is 1. The van der Waals surface area contributed by atoms with Crippen LogP contribution in [-0.2, 0) is 0 Å². The Kier molecular flexibility index (Phi) is 6.26. The molecule has 2 aromatic rings. The Balaban J connectivity index is 1.92. The standard InChI is InChI=1S/C22H29N2P/c1-18(23-17-24(2)3)21-15-10-16-22(21)25(19-11-6-4-7-12-19)20-13-8-5-9-14-20/h4-9,11-14,17-18,21-22H,10,15-16H2,1-3H3/t18-,21?,22?/m1/s1. The molecule has 2 unspecified atom stereocenters. The van der Waals surface area contributed by atoms with Gasteiger partial charge in [-0.2, -0.15) is 0 Å². The zero-order valence-corrected chi connectivity index (χ0v) is 16.4. The molecular formula is C22H29N2P. The summed E-state index contributed by atoms with van der Waals surface area (Å²) in [5, 5.41) is 3.01. The van der Waals surface area contributed by atoms with Crippen LogP contribution in [0.1, 0.15) is 26.2 Å². The van der Waals surface area contributed by atoms with Crippen LogP contribution in [-0.4, -0.2) is 37.0 Å². The van der Waals surface area contributed by atoms with Crippen LogP contribution in [0.15, 0.2) is 65.7 Å². The first-order valence-corrected chi connectivity index (χ1v) is 10.7. The van der Waals surface area contributed by atoms with Gasteiger partial charge in [0.15, 0.2) is 0 Å². The molecule has 2 nitrogen and oxygen atoms in total. The molecule has 25 heavy (non-hydrogen) atoms. The second-order valence-corrected chi connectivity index (χ2v) is 9.61. The Morgan fingerprint density at radius 3 is 2.04 bits per heavy atom. The van der Waals surface area contributed by atoms with Crippen LogP contribution in [0.4, 0.5) is 0 Å². The van der Waals surface area contributed by atoms with Gasteiger partial charge < -0.3 is 4.90 Å². The third-order valence-corrected chi connectivity index (χ3v) is 8.10. The van der Waals surface area contributed by atoms with Gasteiger partial charge >= 0.3 is 0 Å². The lowest BCUT2D eigenvalue weighted by Gasteiger charge is -2.32. The summed E-state index contributed by atoms with van der Waals surface area (Å²) in [6.07, 6.45) is 5.93. The first-order chi connectivity index (χ1) is 12.2. The van der Waals surface area contributed by atoms with Crippen molar-refractivity contribution in [1.29, 1.82) is 0 Å². The van der Waals surface area contributed by atoms with E-state index in [1.807, 2.05) is 25.3 Å². The van der Waals surface area contributed by atoms with Gasteiger partial charge in [-0.1, -0.05) is 67.1 Å². The number of rotatable bonds is 6.